The summed E-state index contributed by atoms with van der Waals surface area (Å²) in [4.78, 5) is 20.5. The van der Waals surface area contributed by atoms with Gasteiger partial charge in [0.2, 0.25) is 0 Å². The maximum absolute atomic E-state index is 10.5. The number of carboxylic acids is 1. The number of rotatable bonds is 6. The van der Waals surface area contributed by atoms with Gasteiger partial charge in [0, 0.05) is 12.5 Å². The predicted octanol–water partition coefficient (Wildman–Crippen LogP) is -0.0587. The molecule has 0 aromatic carbocycles. The molecule has 0 bridgehead atoms. The molecule has 0 aliphatic carbocycles. The van der Waals surface area contributed by atoms with Crippen LogP contribution in [0.15, 0.2) is 12.7 Å². The number of carboxylic acid groups (broad SMARTS) is 1. The Balaban J connectivity index is 3.50. The molecule has 0 aromatic heterocycles. The molecule has 0 amide bonds. The second kappa shape index (κ2) is 6.19. The van der Waals surface area contributed by atoms with Crippen LogP contribution in [0, 0.1) is 0 Å². The van der Waals surface area contributed by atoms with Crippen LogP contribution >= 0.6 is 0 Å². The minimum absolute atomic E-state index is 0.0692. The van der Waals surface area contributed by atoms with Crippen molar-refractivity contribution in [2.75, 3.05) is 6.61 Å². The van der Waals surface area contributed by atoms with Crippen molar-refractivity contribution in [3.8, 4) is 0 Å². The van der Waals surface area contributed by atoms with Crippen molar-refractivity contribution in [3.63, 3.8) is 0 Å². The topological polar surface area (TPSA) is 83.8 Å². The van der Waals surface area contributed by atoms with E-state index in [4.69, 9.17) is 10.2 Å². The van der Waals surface area contributed by atoms with Gasteiger partial charge in [0.05, 0.1) is 6.10 Å². The Kier molecular flexibility index (Phi) is 5.54. The summed E-state index contributed by atoms with van der Waals surface area (Å²) in [7, 11) is 0. The van der Waals surface area contributed by atoms with Crippen LogP contribution in [0.1, 0.15) is 12.8 Å². The first-order valence-corrected chi connectivity index (χ1v) is 3.75. The van der Waals surface area contributed by atoms with Crippen LogP contribution in [0.4, 0.5) is 0 Å². The molecule has 5 heteroatoms. The number of aliphatic carboxylic acids is 1. The van der Waals surface area contributed by atoms with Crippen molar-refractivity contribution >= 4 is 11.9 Å². The molecule has 5 nitrogen and oxygen atoms in total. The van der Waals surface area contributed by atoms with E-state index in [2.05, 4.69) is 11.3 Å². The molecule has 0 rings (SSSR count). The number of carbonyl (C=O) groups excluding carboxylic acids is 1. The van der Waals surface area contributed by atoms with Gasteiger partial charge in [0.15, 0.2) is 0 Å². The van der Waals surface area contributed by atoms with Crippen LogP contribution in [0.3, 0.4) is 0 Å². The molecular formula is C8H12O5. The van der Waals surface area contributed by atoms with E-state index in [1.807, 2.05) is 0 Å². The zero-order valence-electron chi connectivity index (χ0n) is 7.10. The second-order valence-corrected chi connectivity index (χ2v) is 2.42. The number of aliphatic hydroxyl groups is 1. The van der Waals surface area contributed by atoms with Crippen molar-refractivity contribution in [2.24, 2.45) is 0 Å². The molecule has 0 aliphatic heterocycles. The third-order valence-corrected chi connectivity index (χ3v) is 1.28. The minimum Gasteiger partial charge on any atom is -0.481 e. The molecule has 0 aromatic rings. The fourth-order valence-corrected chi connectivity index (χ4v) is 0.611. The summed E-state index contributed by atoms with van der Waals surface area (Å²) in [6, 6.07) is 0. The molecule has 74 valence electrons. The van der Waals surface area contributed by atoms with E-state index in [1.54, 1.807) is 0 Å². The van der Waals surface area contributed by atoms with Gasteiger partial charge in [-0.25, -0.2) is 4.79 Å². The van der Waals surface area contributed by atoms with Gasteiger partial charge in [-0.3, -0.25) is 4.79 Å². The van der Waals surface area contributed by atoms with Crippen molar-refractivity contribution in [1.29, 1.82) is 0 Å². The number of carbonyl (C=O) groups is 2. The average molecular weight is 188 g/mol. The number of esters is 1. The molecule has 0 fully saturated rings. The Bertz CT molecular complexity index is 199. The molecule has 0 saturated heterocycles. The first-order chi connectivity index (χ1) is 6.06. The molecule has 0 heterocycles. The monoisotopic (exact) mass is 188 g/mol. The van der Waals surface area contributed by atoms with Gasteiger partial charge < -0.3 is 14.9 Å². The van der Waals surface area contributed by atoms with E-state index < -0.39 is 18.0 Å². The second-order valence-electron chi connectivity index (χ2n) is 2.42. The van der Waals surface area contributed by atoms with Gasteiger partial charge in [0.1, 0.15) is 6.61 Å². The summed E-state index contributed by atoms with van der Waals surface area (Å²) in [5, 5.41) is 17.3. The average Bonchev–Trinajstić information content (AvgIpc) is 2.10. The Labute approximate surface area is 75.6 Å². The first kappa shape index (κ1) is 11.6. The van der Waals surface area contributed by atoms with E-state index >= 15 is 0 Å². The lowest BCUT2D eigenvalue weighted by atomic mass is 10.2. The normalized spacial score (nSPS) is 11.8. The standard InChI is InChI=1S/C8H12O5/c1-2-8(12)13-5-6(9)3-4-7(10)11/h2,6,9H,1,3-5H2,(H,10,11). The van der Waals surface area contributed by atoms with Crippen LogP contribution in [-0.2, 0) is 14.3 Å². The molecule has 1 unspecified atom stereocenters. The van der Waals surface area contributed by atoms with Crippen LogP contribution < -0.4 is 0 Å². The number of ether oxygens (including phenoxy) is 1. The summed E-state index contributed by atoms with van der Waals surface area (Å²) >= 11 is 0. The van der Waals surface area contributed by atoms with E-state index in [0.29, 0.717) is 0 Å². The SMILES string of the molecule is C=CC(=O)OCC(O)CCC(=O)O. The van der Waals surface area contributed by atoms with Crippen LogP contribution in [0.25, 0.3) is 0 Å². The Morgan fingerprint density at radius 2 is 2.15 bits per heavy atom. The highest BCUT2D eigenvalue weighted by molar-refractivity contribution is 5.81. The minimum atomic E-state index is -0.992. The Hall–Kier alpha value is -1.36. The lowest BCUT2D eigenvalue weighted by molar-refractivity contribution is -0.141. The van der Waals surface area contributed by atoms with Crippen molar-refractivity contribution < 1.29 is 24.5 Å². The Morgan fingerprint density at radius 1 is 1.54 bits per heavy atom. The molecule has 13 heavy (non-hydrogen) atoms. The first-order valence-electron chi connectivity index (χ1n) is 3.75. The fourth-order valence-electron chi connectivity index (χ4n) is 0.611. The summed E-state index contributed by atoms with van der Waals surface area (Å²) in [5.74, 6) is -1.62. The van der Waals surface area contributed by atoms with Gasteiger partial charge in [-0.2, -0.15) is 0 Å². The zero-order valence-corrected chi connectivity index (χ0v) is 7.10. The van der Waals surface area contributed by atoms with E-state index in [-0.39, 0.29) is 19.4 Å². The molecule has 1 atom stereocenters. The lowest BCUT2D eigenvalue weighted by Gasteiger charge is -2.08. The van der Waals surface area contributed by atoms with Gasteiger partial charge in [-0.15, -0.1) is 0 Å². The molecule has 0 saturated carbocycles. The summed E-state index contributed by atoms with van der Waals surface area (Å²) in [6.45, 7) is 2.97. The quantitative estimate of drug-likeness (QED) is 0.450. The van der Waals surface area contributed by atoms with Crippen LogP contribution in [0.5, 0.6) is 0 Å². The summed E-state index contributed by atoms with van der Waals surface area (Å²) < 4.78 is 4.49. The number of hydrogen-bond donors (Lipinski definition) is 2. The number of hydrogen-bond acceptors (Lipinski definition) is 4. The maximum Gasteiger partial charge on any atom is 0.330 e. The highest BCUT2D eigenvalue weighted by atomic mass is 16.5. The van der Waals surface area contributed by atoms with Gasteiger partial charge in [-0.05, 0) is 6.42 Å². The van der Waals surface area contributed by atoms with Crippen molar-refractivity contribution in [3.05, 3.63) is 12.7 Å². The fraction of sp³-hybridized carbons (Fsp3) is 0.500. The van der Waals surface area contributed by atoms with E-state index in [9.17, 15) is 9.59 Å². The van der Waals surface area contributed by atoms with E-state index in [1.165, 1.54) is 0 Å². The molecule has 0 radical (unpaired) electrons. The van der Waals surface area contributed by atoms with E-state index in [0.717, 1.165) is 6.08 Å². The zero-order chi connectivity index (χ0) is 10.3. The highest BCUT2D eigenvalue weighted by Gasteiger charge is 2.08. The van der Waals surface area contributed by atoms with Crippen molar-refractivity contribution in [1.82, 2.24) is 0 Å². The van der Waals surface area contributed by atoms with Gasteiger partial charge >= 0.3 is 11.9 Å². The maximum atomic E-state index is 10.5. The summed E-state index contributed by atoms with van der Waals surface area (Å²) in [6.07, 6.45) is -0.0313. The molecule has 2 N–H and O–H groups in total. The third-order valence-electron chi connectivity index (χ3n) is 1.28. The van der Waals surface area contributed by atoms with Crippen LogP contribution in [-0.4, -0.2) is 34.9 Å². The predicted molar refractivity (Wildman–Crippen MR) is 44.0 cm³/mol. The molecular weight excluding hydrogens is 176 g/mol. The number of aliphatic hydroxyl groups excluding tert-OH is 1. The van der Waals surface area contributed by atoms with Crippen LogP contribution in [0.2, 0.25) is 0 Å². The lowest BCUT2D eigenvalue weighted by Crippen LogP contribution is -2.18. The van der Waals surface area contributed by atoms with Gasteiger partial charge in [0.25, 0.3) is 0 Å². The third kappa shape index (κ3) is 7.02. The highest BCUT2D eigenvalue weighted by Crippen LogP contribution is 1.97. The van der Waals surface area contributed by atoms with Crippen molar-refractivity contribution in [2.45, 2.75) is 18.9 Å². The largest absolute Gasteiger partial charge is 0.481 e. The molecule has 0 spiro atoms. The summed E-state index contributed by atoms with van der Waals surface area (Å²) in [5.41, 5.74) is 0. The smallest absolute Gasteiger partial charge is 0.330 e. The molecule has 0 aliphatic rings. The van der Waals surface area contributed by atoms with Gasteiger partial charge in [-0.1, -0.05) is 6.58 Å². The Morgan fingerprint density at radius 3 is 2.62 bits per heavy atom.